The van der Waals surface area contributed by atoms with Gasteiger partial charge in [0.2, 0.25) is 0 Å². The van der Waals surface area contributed by atoms with Gasteiger partial charge in [-0.3, -0.25) is 9.79 Å². The van der Waals surface area contributed by atoms with Crippen molar-refractivity contribution in [3.05, 3.63) is 29.8 Å². The summed E-state index contributed by atoms with van der Waals surface area (Å²) in [6, 6.07) is 6.35. The van der Waals surface area contributed by atoms with Crippen molar-refractivity contribution in [2.24, 2.45) is 39.5 Å². The van der Waals surface area contributed by atoms with Gasteiger partial charge in [0.1, 0.15) is 23.1 Å². The minimum atomic E-state index is -1.53. The molecule has 13 atom stereocenters. The number of methoxy groups -OCH3 is 5. The Morgan fingerprint density at radius 3 is 2.32 bits per heavy atom. The van der Waals surface area contributed by atoms with E-state index in [1.165, 1.54) is 14.0 Å². The summed E-state index contributed by atoms with van der Waals surface area (Å²) in [5.41, 5.74) is -3.41. The Balaban J connectivity index is 1.43. The molecule has 6 aliphatic rings. The van der Waals surface area contributed by atoms with Crippen LogP contribution in [-0.4, -0.2) is 107 Å². The zero-order valence-corrected chi connectivity index (χ0v) is 26.2. The smallest absolute Gasteiger partial charge is 0.338 e. The second kappa shape index (κ2) is 10.2. The second-order valence-corrected chi connectivity index (χ2v) is 13.7. The minimum Gasteiger partial charge on any atom is -0.497 e. The maximum Gasteiger partial charge on any atom is 0.338 e. The van der Waals surface area contributed by atoms with Crippen LogP contribution < -0.4 is 4.74 Å². The fourth-order valence-electron chi connectivity index (χ4n) is 11.4. The first-order valence-corrected chi connectivity index (χ1v) is 15.5. The Morgan fingerprint density at radius 2 is 1.70 bits per heavy atom. The van der Waals surface area contributed by atoms with Crippen molar-refractivity contribution in [1.82, 2.24) is 0 Å². The summed E-state index contributed by atoms with van der Waals surface area (Å²) in [5.74, 6) is -1.74. The summed E-state index contributed by atoms with van der Waals surface area (Å²) in [4.78, 5) is 32.1. The highest BCUT2D eigenvalue weighted by Crippen LogP contribution is 2.79. The van der Waals surface area contributed by atoms with E-state index in [-0.39, 0.29) is 42.9 Å². The number of rotatable bonds is 9. The number of benzene rings is 1. The van der Waals surface area contributed by atoms with E-state index in [4.69, 9.17) is 38.2 Å². The molecule has 0 aromatic heterocycles. The topological polar surface area (TPSA) is 131 Å². The highest BCUT2D eigenvalue weighted by molar-refractivity contribution is 5.89. The van der Waals surface area contributed by atoms with Gasteiger partial charge in [0, 0.05) is 76.6 Å². The Labute approximate surface area is 257 Å². The first kappa shape index (κ1) is 30.1. The monoisotopic (exact) mass is 613 g/mol. The Hall–Kier alpha value is -2.57. The molecule has 11 heteroatoms. The van der Waals surface area contributed by atoms with Crippen molar-refractivity contribution < 1.29 is 47.9 Å². The van der Waals surface area contributed by atoms with Crippen molar-refractivity contribution in [3.8, 4) is 5.75 Å². The third-order valence-electron chi connectivity index (χ3n) is 12.4. The summed E-state index contributed by atoms with van der Waals surface area (Å²) in [5, 5.41) is 12.7. The van der Waals surface area contributed by atoms with E-state index in [1.54, 1.807) is 52.7 Å². The van der Waals surface area contributed by atoms with Crippen molar-refractivity contribution in [2.75, 3.05) is 42.2 Å². The van der Waals surface area contributed by atoms with Gasteiger partial charge in [-0.05, 0) is 49.4 Å². The SMILES string of the molecule is COC[C@]12C=NC3[C@H]4[C@H](OC)C1[C@]3(C1C[C@]3(O)[C@@H](OC)C[C@@]4(OC(C)=O)C1[C@H]3OC(=O)c1ccc(OC)cc1)[C@@H](OC)CC2. The fourth-order valence-corrected chi connectivity index (χ4v) is 11.4. The Kier molecular flexibility index (Phi) is 6.99. The standard InChI is InChI=1S/C33H43NO10/c1-17(35)44-32-14-22(41-5)31(37)13-20(23(32)28(31)43-29(36)18-7-9-19(39-3)10-8-18)33-21(40-4)11-12-30(16-38-2)15-34-27(33)24(32)25(42-6)26(30)33/h7-10,15,20-28,37H,11-14,16H2,1-6H3/t20?,21-,22-,23?,24+,25-,26?,27?,28+,30-,31-,32+,33-/m0/s1. The number of esters is 2. The maximum atomic E-state index is 13.8. The third kappa shape index (κ3) is 3.53. The molecule has 7 bridgehead atoms. The molecule has 0 radical (unpaired) electrons. The lowest BCUT2D eigenvalue weighted by Gasteiger charge is -2.64. The van der Waals surface area contributed by atoms with Crippen LogP contribution in [0.25, 0.3) is 0 Å². The number of aliphatic hydroxyl groups is 1. The lowest BCUT2D eigenvalue weighted by atomic mass is 9.44. The van der Waals surface area contributed by atoms with Crippen molar-refractivity contribution in [3.63, 3.8) is 0 Å². The van der Waals surface area contributed by atoms with Gasteiger partial charge in [0.15, 0.2) is 0 Å². The maximum absolute atomic E-state index is 13.8. The first-order valence-electron chi connectivity index (χ1n) is 15.5. The number of hydrogen-bond acceptors (Lipinski definition) is 11. The predicted molar refractivity (Wildman–Crippen MR) is 155 cm³/mol. The van der Waals surface area contributed by atoms with E-state index in [9.17, 15) is 14.7 Å². The number of nitrogens with zero attached hydrogens (tertiary/aromatic N) is 1. The molecule has 4 unspecified atom stereocenters. The molecular formula is C33H43NO10. The minimum absolute atomic E-state index is 0.0875. The van der Waals surface area contributed by atoms with Gasteiger partial charge in [-0.15, -0.1) is 0 Å². The Bertz CT molecular complexity index is 1350. The van der Waals surface area contributed by atoms with E-state index >= 15 is 0 Å². The van der Waals surface area contributed by atoms with E-state index in [0.717, 1.165) is 12.8 Å². The van der Waals surface area contributed by atoms with Crippen LogP contribution in [0.5, 0.6) is 5.75 Å². The zero-order valence-electron chi connectivity index (χ0n) is 26.2. The normalized spacial score (nSPS) is 47.3. The van der Waals surface area contributed by atoms with E-state index in [2.05, 4.69) is 6.21 Å². The molecule has 5 saturated carbocycles. The van der Waals surface area contributed by atoms with Crippen LogP contribution in [-0.2, 0) is 33.2 Å². The van der Waals surface area contributed by atoms with Gasteiger partial charge in [-0.2, -0.15) is 0 Å². The third-order valence-corrected chi connectivity index (χ3v) is 12.4. The molecule has 5 fully saturated rings. The summed E-state index contributed by atoms with van der Waals surface area (Å²) in [6.45, 7) is 1.86. The first-order chi connectivity index (χ1) is 21.1. The molecule has 11 nitrogen and oxygen atoms in total. The summed E-state index contributed by atoms with van der Waals surface area (Å²) in [6.07, 6.45) is 1.78. The number of ether oxygens (including phenoxy) is 7. The van der Waals surface area contributed by atoms with Gasteiger partial charge in [0.05, 0.1) is 43.6 Å². The highest BCUT2D eigenvalue weighted by atomic mass is 16.6. The lowest BCUT2D eigenvalue weighted by Crippen LogP contribution is -2.73. The van der Waals surface area contributed by atoms with Crippen molar-refractivity contribution >= 4 is 18.2 Å². The van der Waals surface area contributed by atoms with Gasteiger partial charge >= 0.3 is 11.9 Å². The molecule has 1 aromatic carbocycles. The molecule has 1 aromatic rings. The van der Waals surface area contributed by atoms with Crippen LogP contribution in [0.3, 0.4) is 0 Å². The molecule has 5 aliphatic carbocycles. The lowest BCUT2D eigenvalue weighted by molar-refractivity contribution is -0.264. The summed E-state index contributed by atoms with van der Waals surface area (Å²) < 4.78 is 42.8. The highest BCUT2D eigenvalue weighted by Gasteiger charge is 2.89. The molecule has 1 N–H and O–H groups in total. The molecule has 240 valence electrons. The predicted octanol–water partition coefficient (Wildman–Crippen LogP) is 2.46. The zero-order chi connectivity index (χ0) is 31.2. The quantitative estimate of drug-likeness (QED) is 0.415. The molecule has 0 amide bonds. The van der Waals surface area contributed by atoms with Crippen LogP contribution in [0.15, 0.2) is 29.3 Å². The molecule has 1 spiro atoms. The van der Waals surface area contributed by atoms with E-state index in [1.807, 2.05) is 0 Å². The largest absolute Gasteiger partial charge is 0.497 e. The van der Waals surface area contributed by atoms with Gasteiger partial charge in [-0.25, -0.2) is 4.79 Å². The van der Waals surface area contributed by atoms with Crippen LogP contribution >= 0.6 is 0 Å². The number of hydrogen-bond donors (Lipinski definition) is 1. The number of carbonyl (C=O) groups is 2. The average Bonchev–Trinajstić information content (AvgIpc) is 3.36. The average molecular weight is 614 g/mol. The summed E-state index contributed by atoms with van der Waals surface area (Å²) in [7, 11) is 8.24. The molecule has 44 heavy (non-hydrogen) atoms. The van der Waals surface area contributed by atoms with Crippen molar-refractivity contribution in [1.29, 1.82) is 0 Å². The van der Waals surface area contributed by atoms with Crippen LogP contribution in [0, 0.1) is 34.5 Å². The second-order valence-electron chi connectivity index (χ2n) is 13.7. The van der Waals surface area contributed by atoms with Gasteiger partial charge in [-0.1, -0.05) is 0 Å². The van der Waals surface area contributed by atoms with E-state index < -0.39 is 58.0 Å². The summed E-state index contributed by atoms with van der Waals surface area (Å²) >= 11 is 0. The number of fused-ring (bicyclic) bond motifs is 2. The molecular weight excluding hydrogens is 570 g/mol. The van der Waals surface area contributed by atoms with E-state index in [0.29, 0.717) is 17.9 Å². The molecule has 1 aliphatic heterocycles. The van der Waals surface area contributed by atoms with Crippen LogP contribution in [0.4, 0.5) is 0 Å². The molecule has 1 heterocycles. The van der Waals surface area contributed by atoms with Crippen molar-refractivity contribution in [2.45, 2.75) is 74.3 Å². The Morgan fingerprint density at radius 1 is 0.977 bits per heavy atom. The molecule has 0 saturated heterocycles. The van der Waals surface area contributed by atoms with Gasteiger partial charge < -0.3 is 38.3 Å². The number of aliphatic imine (C=N–C) groups is 1. The number of carbonyl (C=O) groups excluding carboxylic acids is 2. The van der Waals surface area contributed by atoms with Crippen LogP contribution in [0.2, 0.25) is 0 Å². The fraction of sp³-hybridized carbons (Fsp3) is 0.727. The van der Waals surface area contributed by atoms with Crippen LogP contribution in [0.1, 0.15) is 43.0 Å². The molecule has 7 rings (SSSR count). The van der Waals surface area contributed by atoms with Gasteiger partial charge in [0.25, 0.3) is 0 Å².